The zero-order valence-corrected chi connectivity index (χ0v) is 18.3. The number of fused-ring (bicyclic) bond motifs is 1. The van der Waals surface area contributed by atoms with Crippen LogP contribution in [0.25, 0.3) is 0 Å². The largest absolute Gasteiger partial charge is 0.372 e. The second-order valence-corrected chi connectivity index (χ2v) is 8.79. The van der Waals surface area contributed by atoms with Crippen molar-refractivity contribution in [3.8, 4) is 0 Å². The van der Waals surface area contributed by atoms with Gasteiger partial charge in [-0.2, -0.15) is 5.10 Å². The van der Waals surface area contributed by atoms with E-state index in [0.717, 1.165) is 47.6 Å². The molecular formula is C23H25F3N6O. The molecule has 174 valence electrons. The molecule has 7 nitrogen and oxygen atoms in total. The standard InChI is InChI=1S/C23H25F3N6O/c1-12-21-18(31(2)22(15-3-4-15)23(33)30-21)7-19(29-12)27-8-14-9-28-32(11-14)10-13-5-16(24)20(26)17(25)6-13/h5-7,9,11,15,22-23,30,33H,3-4,8,10H2,1-2H3,(H,27,29). The molecule has 0 amide bonds. The van der Waals surface area contributed by atoms with E-state index in [1.165, 1.54) is 4.68 Å². The maximum atomic E-state index is 13.4. The number of anilines is 3. The lowest BCUT2D eigenvalue weighted by atomic mass is 10.0. The summed E-state index contributed by atoms with van der Waals surface area (Å²) in [4.78, 5) is 6.73. The van der Waals surface area contributed by atoms with Crippen LogP contribution < -0.4 is 15.5 Å². The Bertz CT molecular complexity index is 1170. The number of aromatic nitrogens is 3. The number of aliphatic hydroxyl groups excluding tert-OH is 1. The summed E-state index contributed by atoms with van der Waals surface area (Å²) in [7, 11) is 2.00. The van der Waals surface area contributed by atoms with Crippen molar-refractivity contribution < 1.29 is 18.3 Å². The lowest BCUT2D eigenvalue weighted by Crippen LogP contribution is -2.50. The zero-order chi connectivity index (χ0) is 23.3. The van der Waals surface area contributed by atoms with Gasteiger partial charge in [0.15, 0.2) is 17.5 Å². The molecule has 1 fully saturated rings. The molecule has 3 heterocycles. The van der Waals surface area contributed by atoms with Gasteiger partial charge >= 0.3 is 0 Å². The van der Waals surface area contributed by atoms with E-state index in [1.807, 2.05) is 20.0 Å². The average Bonchev–Trinajstić information content (AvgIpc) is 3.50. The maximum Gasteiger partial charge on any atom is 0.194 e. The number of rotatable bonds is 6. The number of nitrogens with one attached hydrogen (secondary N) is 2. The highest BCUT2D eigenvalue weighted by molar-refractivity contribution is 5.77. The first-order valence-corrected chi connectivity index (χ1v) is 10.9. The summed E-state index contributed by atoms with van der Waals surface area (Å²) in [6.45, 7) is 2.46. The average molecular weight is 458 g/mol. The minimum atomic E-state index is -1.48. The molecule has 2 unspecified atom stereocenters. The Morgan fingerprint density at radius 3 is 2.58 bits per heavy atom. The van der Waals surface area contributed by atoms with E-state index in [1.54, 1.807) is 12.4 Å². The SMILES string of the molecule is Cc1nc(NCc2cnn(Cc3cc(F)c(F)c(F)c3)c2)cc2c1NC(O)C(C1CC1)N2C. The normalized spacial score (nSPS) is 19.9. The Labute approximate surface area is 189 Å². The lowest BCUT2D eigenvalue weighted by molar-refractivity contribution is 0.155. The van der Waals surface area contributed by atoms with Crippen LogP contribution in [-0.2, 0) is 13.1 Å². The number of hydrogen-bond acceptors (Lipinski definition) is 6. The van der Waals surface area contributed by atoms with E-state index in [2.05, 4.69) is 25.6 Å². The molecule has 3 aromatic rings. The van der Waals surface area contributed by atoms with Gasteiger partial charge in [-0.1, -0.05) is 0 Å². The van der Waals surface area contributed by atoms with Crippen molar-refractivity contribution in [2.45, 2.75) is 45.1 Å². The van der Waals surface area contributed by atoms with Crippen LogP contribution in [0, 0.1) is 30.3 Å². The van der Waals surface area contributed by atoms with Crippen molar-refractivity contribution >= 4 is 17.2 Å². The monoisotopic (exact) mass is 458 g/mol. The molecule has 1 aliphatic heterocycles. The summed E-state index contributed by atoms with van der Waals surface area (Å²) in [6.07, 6.45) is 5.04. The Balaban J connectivity index is 1.28. The van der Waals surface area contributed by atoms with Crippen molar-refractivity contribution in [1.29, 1.82) is 0 Å². The first-order valence-electron chi connectivity index (χ1n) is 10.9. The minimum absolute atomic E-state index is 0.0338. The van der Waals surface area contributed by atoms with E-state index < -0.39 is 23.7 Å². The summed E-state index contributed by atoms with van der Waals surface area (Å²) in [5.41, 5.74) is 3.74. The van der Waals surface area contributed by atoms with E-state index in [4.69, 9.17) is 0 Å². The lowest BCUT2D eigenvalue weighted by Gasteiger charge is -2.41. The predicted molar refractivity (Wildman–Crippen MR) is 118 cm³/mol. The van der Waals surface area contributed by atoms with Crippen LogP contribution in [0.15, 0.2) is 30.6 Å². The highest BCUT2D eigenvalue weighted by atomic mass is 19.2. The van der Waals surface area contributed by atoms with Gasteiger partial charge in [0.25, 0.3) is 0 Å². The van der Waals surface area contributed by atoms with Crippen molar-refractivity contribution in [2.75, 3.05) is 22.6 Å². The first kappa shape index (κ1) is 21.6. The molecule has 1 saturated carbocycles. The van der Waals surface area contributed by atoms with Gasteiger partial charge in [-0.3, -0.25) is 4.68 Å². The Morgan fingerprint density at radius 1 is 1.15 bits per heavy atom. The second-order valence-electron chi connectivity index (χ2n) is 8.79. The predicted octanol–water partition coefficient (Wildman–Crippen LogP) is 3.62. The fourth-order valence-corrected chi connectivity index (χ4v) is 4.48. The number of benzene rings is 1. The number of nitrogens with zero attached hydrogens (tertiary/aromatic N) is 4. The van der Waals surface area contributed by atoms with Crippen LogP contribution in [0.3, 0.4) is 0 Å². The third kappa shape index (κ3) is 4.22. The smallest absolute Gasteiger partial charge is 0.194 e. The van der Waals surface area contributed by atoms with Gasteiger partial charge in [0.05, 0.1) is 35.9 Å². The van der Waals surface area contributed by atoms with Crippen LogP contribution in [0.2, 0.25) is 0 Å². The maximum absolute atomic E-state index is 13.4. The second kappa shape index (κ2) is 8.26. The van der Waals surface area contributed by atoms with E-state index >= 15 is 0 Å². The molecule has 1 aliphatic carbocycles. The fourth-order valence-electron chi connectivity index (χ4n) is 4.48. The molecule has 0 spiro atoms. The van der Waals surface area contributed by atoms with Gasteiger partial charge in [0.1, 0.15) is 12.0 Å². The summed E-state index contributed by atoms with van der Waals surface area (Å²) < 4.78 is 41.6. The topological polar surface area (TPSA) is 78.2 Å². The number of hydrogen-bond donors (Lipinski definition) is 3. The molecule has 2 atom stereocenters. The van der Waals surface area contributed by atoms with Crippen molar-refractivity contribution in [3.63, 3.8) is 0 Å². The molecule has 0 bridgehead atoms. The summed E-state index contributed by atoms with van der Waals surface area (Å²) in [6, 6.07) is 3.93. The van der Waals surface area contributed by atoms with Crippen molar-refractivity contribution in [3.05, 3.63) is 64.9 Å². The molecule has 0 saturated heterocycles. The molecular weight excluding hydrogens is 433 g/mol. The summed E-state index contributed by atoms with van der Waals surface area (Å²) in [5.74, 6) is -2.73. The quantitative estimate of drug-likeness (QED) is 0.490. The van der Waals surface area contributed by atoms with Gasteiger partial charge in [-0.05, 0) is 43.4 Å². The summed E-state index contributed by atoms with van der Waals surface area (Å²) >= 11 is 0. The van der Waals surface area contributed by atoms with Crippen molar-refractivity contribution in [1.82, 2.24) is 14.8 Å². The number of halogens is 3. The fraction of sp³-hybridized carbons (Fsp3) is 0.391. The minimum Gasteiger partial charge on any atom is -0.372 e. The molecule has 3 N–H and O–H groups in total. The van der Waals surface area contributed by atoms with Crippen LogP contribution in [0.4, 0.5) is 30.4 Å². The third-order valence-electron chi connectivity index (χ3n) is 6.28. The highest BCUT2D eigenvalue weighted by Crippen LogP contribution is 2.44. The van der Waals surface area contributed by atoms with Gasteiger partial charge < -0.3 is 20.6 Å². The molecule has 10 heteroatoms. The molecule has 33 heavy (non-hydrogen) atoms. The number of likely N-dealkylation sites (N-methyl/N-ethyl adjacent to an activating group) is 1. The molecule has 2 aliphatic rings. The molecule has 0 radical (unpaired) electrons. The van der Waals surface area contributed by atoms with Crippen LogP contribution in [0.1, 0.15) is 29.7 Å². The van der Waals surface area contributed by atoms with E-state index in [9.17, 15) is 18.3 Å². The van der Waals surface area contributed by atoms with Gasteiger partial charge in [0, 0.05) is 31.4 Å². The van der Waals surface area contributed by atoms with Crippen LogP contribution in [0.5, 0.6) is 0 Å². The zero-order valence-electron chi connectivity index (χ0n) is 18.3. The highest BCUT2D eigenvalue weighted by Gasteiger charge is 2.42. The van der Waals surface area contributed by atoms with E-state index in [-0.39, 0.29) is 18.2 Å². The summed E-state index contributed by atoms with van der Waals surface area (Å²) in [5, 5.41) is 21.2. The van der Waals surface area contributed by atoms with E-state index in [0.29, 0.717) is 18.3 Å². The Morgan fingerprint density at radius 2 is 1.88 bits per heavy atom. The Hall–Kier alpha value is -3.27. The molecule has 5 rings (SSSR count). The molecule has 1 aromatic carbocycles. The van der Waals surface area contributed by atoms with Crippen LogP contribution >= 0.6 is 0 Å². The third-order valence-corrected chi connectivity index (χ3v) is 6.28. The van der Waals surface area contributed by atoms with Gasteiger partial charge in [-0.25, -0.2) is 18.2 Å². The number of pyridine rings is 1. The number of aryl methyl sites for hydroxylation is 1. The first-order chi connectivity index (χ1) is 15.8. The van der Waals surface area contributed by atoms with Gasteiger partial charge in [0.2, 0.25) is 0 Å². The Kier molecular flexibility index (Phi) is 5.40. The van der Waals surface area contributed by atoms with Crippen LogP contribution in [-0.4, -0.2) is 39.2 Å². The molecule has 2 aromatic heterocycles. The van der Waals surface area contributed by atoms with Gasteiger partial charge in [-0.15, -0.1) is 0 Å². The number of aliphatic hydroxyl groups is 1. The van der Waals surface area contributed by atoms with Crippen molar-refractivity contribution in [2.24, 2.45) is 5.92 Å².